The summed E-state index contributed by atoms with van der Waals surface area (Å²) >= 11 is 0. The first-order valence-corrected chi connectivity index (χ1v) is 18.3. The Morgan fingerprint density at radius 1 is 1.18 bits per heavy atom. The van der Waals surface area contributed by atoms with E-state index in [1.807, 2.05) is 31.3 Å². The number of phenolic OH excluding ortho intramolecular Hbond substituents is 1. The number of rotatable bonds is 9. The standard InChI is InChI=1S/C34H44FN5O3Si/c1-8-21-16-31(41)28(35)17-26(21)23-15-30-32(38-24-12-13-42-20-24)27(18-37-40(30)19-23)33(36)39-29-11-10-25(14-22(29)9-2)43-44(6,7)34(3,4)5/h10-11,14-19,24,38,41H,8-9,12-13,20H2,1-7H3,(H2,36,39)/t24-/m0/s1. The summed E-state index contributed by atoms with van der Waals surface area (Å²) in [5.41, 5.74) is 13.2. The Morgan fingerprint density at radius 2 is 1.93 bits per heavy atom. The lowest BCUT2D eigenvalue weighted by Gasteiger charge is -2.36. The van der Waals surface area contributed by atoms with E-state index in [1.165, 1.54) is 12.1 Å². The number of hydrogen-bond donors (Lipinski definition) is 3. The third-order valence-electron chi connectivity index (χ3n) is 8.91. The molecule has 0 aliphatic carbocycles. The summed E-state index contributed by atoms with van der Waals surface area (Å²) in [7, 11) is -1.99. The molecule has 44 heavy (non-hydrogen) atoms. The number of aromatic hydroxyl groups is 1. The van der Waals surface area contributed by atoms with Crippen molar-refractivity contribution in [3.8, 4) is 22.6 Å². The fourth-order valence-electron chi connectivity index (χ4n) is 5.22. The number of benzene rings is 2. The first kappa shape index (κ1) is 31.5. The summed E-state index contributed by atoms with van der Waals surface area (Å²) in [4.78, 5) is 4.89. The van der Waals surface area contributed by atoms with Crippen LogP contribution in [0.15, 0.2) is 53.8 Å². The van der Waals surface area contributed by atoms with Crippen LogP contribution >= 0.6 is 0 Å². The Labute approximate surface area is 260 Å². The highest BCUT2D eigenvalue weighted by atomic mass is 28.4. The van der Waals surface area contributed by atoms with Crippen LogP contribution in [-0.4, -0.2) is 48.1 Å². The molecule has 234 valence electrons. The normalized spacial score (nSPS) is 16.1. The van der Waals surface area contributed by atoms with E-state index in [2.05, 4.69) is 57.3 Å². The number of fused-ring (bicyclic) bond motifs is 1. The number of aliphatic imine (C=N–C) groups is 1. The van der Waals surface area contributed by atoms with E-state index in [1.54, 1.807) is 10.7 Å². The molecule has 3 heterocycles. The smallest absolute Gasteiger partial charge is 0.250 e. The van der Waals surface area contributed by atoms with E-state index in [-0.39, 0.29) is 16.8 Å². The minimum atomic E-state index is -1.99. The average Bonchev–Trinajstić information content (AvgIpc) is 3.64. The van der Waals surface area contributed by atoms with Gasteiger partial charge in [0.15, 0.2) is 11.6 Å². The highest BCUT2D eigenvalue weighted by Crippen LogP contribution is 2.39. The Morgan fingerprint density at radius 3 is 2.59 bits per heavy atom. The van der Waals surface area contributed by atoms with Crippen molar-refractivity contribution in [2.75, 3.05) is 18.5 Å². The molecule has 1 aliphatic rings. The van der Waals surface area contributed by atoms with Crippen LogP contribution in [0.3, 0.4) is 0 Å². The molecule has 5 rings (SSSR count). The molecule has 1 fully saturated rings. The summed E-state index contributed by atoms with van der Waals surface area (Å²) in [5.74, 6) is 0.178. The number of nitrogens with zero attached hydrogens (tertiary/aromatic N) is 3. The van der Waals surface area contributed by atoms with Crippen molar-refractivity contribution in [1.82, 2.24) is 9.61 Å². The molecule has 8 nitrogen and oxygen atoms in total. The van der Waals surface area contributed by atoms with Crippen molar-refractivity contribution in [3.05, 3.63) is 71.3 Å². The predicted octanol–water partition coefficient (Wildman–Crippen LogP) is 7.59. The molecule has 4 aromatic rings. The monoisotopic (exact) mass is 617 g/mol. The average molecular weight is 618 g/mol. The van der Waals surface area contributed by atoms with Crippen molar-refractivity contribution in [2.24, 2.45) is 10.7 Å². The van der Waals surface area contributed by atoms with E-state index in [0.29, 0.717) is 36.6 Å². The highest BCUT2D eigenvalue weighted by molar-refractivity contribution is 6.74. The van der Waals surface area contributed by atoms with Gasteiger partial charge < -0.3 is 25.3 Å². The van der Waals surface area contributed by atoms with Crippen LogP contribution in [0.5, 0.6) is 11.5 Å². The Hall–Kier alpha value is -3.89. The maximum absolute atomic E-state index is 14.4. The molecule has 0 amide bonds. The quantitative estimate of drug-likeness (QED) is 0.102. The fourth-order valence-corrected chi connectivity index (χ4v) is 6.25. The second kappa shape index (κ2) is 12.2. The number of aromatic nitrogens is 2. The number of nitrogens with one attached hydrogen (secondary N) is 1. The largest absolute Gasteiger partial charge is 0.543 e. The van der Waals surface area contributed by atoms with E-state index < -0.39 is 14.1 Å². The van der Waals surface area contributed by atoms with Gasteiger partial charge in [-0.2, -0.15) is 5.10 Å². The van der Waals surface area contributed by atoms with Gasteiger partial charge in [0.05, 0.1) is 41.3 Å². The van der Waals surface area contributed by atoms with E-state index in [0.717, 1.165) is 52.2 Å². The summed E-state index contributed by atoms with van der Waals surface area (Å²) in [6.45, 7) is 16.5. The van der Waals surface area contributed by atoms with Crippen molar-refractivity contribution in [2.45, 2.75) is 78.1 Å². The van der Waals surface area contributed by atoms with Gasteiger partial charge in [0, 0.05) is 18.4 Å². The van der Waals surface area contributed by atoms with Gasteiger partial charge in [0.1, 0.15) is 11.6 Å². The van der Waals surface area contributed by atoms with Crippen molar-refractivity contribution < 1.29 is 18.7 Å². The van der Waals surface area contributed by atoms with Crippen molar-refractivity contribution in [1.29, 1.82) is 0 Å². The third-order valence-corrected chi connectivity index (χ3v) is 13.3. The summed E-state index contributed by atoms with van der Waals surface area (Å²) in [6.07, 6.45) is 5.85. The van der Waals surface area contributed by atoms with E-state index >= 15 is 0 Å². The van der Waals surface area contributed by atoms with Gasteiger partial charge >= 0.3 is 0 Å². The Bertz CT molecular complexity index is 1700. The molecule has 10 heteroatoms. The minimum Gasteiger partial charge on any atom is -0.543 e. The maximum atomic E-state index is 14.4. The molecule has 0 radical (unpaired) electrons. The molecular formula is C34H44FN5O3Si. The number of amidine groups is 1. The maximum Gasteiger partial charge on any atom is 0.250 e. The molecule has 2 aromatic heterocycles. The van der Waals surface area contributed by atoms with Gasteiger partial charge in [-0.25, -0.2) is 13.9 Å². The number of nitrogens with two attached hydrogens (primary N) is 1. The summed E-state index contributed by atoms with van der Waals surface area (Å²) in [6, 6.07) is 11.0. The number of ether oxygens (including phenoxy) is 1. The van der Waals surface area contributed by atoms with Gasteiger partial charge in [-0.3, -0.25) is 0 Å². The predicted molar refractivity (Wildman–Crippen MR) is 179 cm³/mol. The highest BCUT2D eigenvalue weighted by Gasteiger charge is 2.39. The van der Waals surface area contributed by atoms with Crippen molar-refractivity contribution >= 4 is 31.0 Å². The van der Waals surface area contributed by atoms with E-state index in [4.69, 9.17) is 19.9 Å². The lowest BCUT2D eigenvalue weighted by Crippen LogP contribution is -2.43. The second-order valence-corrected chi connectivity index (χ2v) is 17.7. The molecular weight excluding hydrogens is 573 g/mol. The first-order valence-electron chi connectivity index (χ1n) is 15.3. The minimum absolute atomic E-state index is 0.0905. The van der Waals surface area contributed by atoms with Crippen LogP contribution in [0.4, 0.5) is 15.8 Å². The molecule has 0 saturated carbocycles. The molecule has 0 unspecified atom stereocenters. The molecule has 0 bridgehead atoms. The van der Waals surface area contributed by atoms with Gasteiger partial charge in [-0.15, -0.1) is 0 Å². The van der Waals surface area contributed by atoms with Crippen LogP contribution < -0.4 is 15.5 Å². The zero-order chi connectivity index (χ0) is 31.8. The third kappa shape index (κ3) is 6.32. The number of hydrogen-bond acceptors (Lipinski definition) is 6. The van der Waals surface area contributed by atoms with E-state index in [9.17, 15) is 9.50 Å². The molecule has 0 spiro atoms. The zero-order valence-electron chi connectivity index (χ0n) is 26.8. The summed E-state index contributed by atoms with van der Waals surface area (Å²) < 4.78 is 28.4. The van der Waals surface area contributed by atoms with Gasteiger partial charge in [-0.1, -0.05) is 34.6 Å². The number of halogens is 1. The van der Waals surface area contributed by atoms with Crippen LogP contribution in [0.1, 0.15) is 57.7 Å². The lowest BCUT2D eigenvalue weighted by atomic mass is 9.99. The Kier molecular flexibility index (Phi) is 8.77. The Balaban J connectivity index is 1.57. The number of aryl methyl sites for hydroxylation is 2. The second-order valence-electron chi connectivity index (χ2n) is 13.0. The molecule has 1 atom stereocenters. The number of phenols is 1. The van der Waals surface area contributed by atoms with Crippen molar-refractivity contribution in [3.63, 3.8) is 0 Å². The van der Waals surface area contributed by atoms with Gasteiger partial charge in [-0.05, 0) is 90.5 Å². The van der Waals surface area contributed by atoms with Crippen LogP contribution in [0.25, 0.3) is 16.6 Å². The topological polar surface area (TPSA) is 106 Å². The first-order chi connectivity index (χ1) is 20.8. The fraction of sp³-hybridized carbons (Fsp3) is 0.412. The zero-order valence-corrected chi connectivity index (χ0v) is 27.8. The molecule has 1 aliphatic heterocycles. The van der Waals surface area contributed by atoms with Crippen LogP contribution in [-0.2, 0) is 17.6 Å². The molecule has 4 N–H and O–H groups in total. The number of anilines is 1. The van der Waals surface area contributed by atoms with Crippen LogP contribution in [0, 0.1) is 5.82 Å². The SMILES string of the molecule is CCc1cc(O[Si](C)(C)C(C)(C)C)ccc1N=C(N)c1cnn2cc(-c3cc(F)c(O)cc3CC)cc2c1N[C@H]1CCOC1. The lowest BCUT2D eigenvalue weighted by molar-refractivity contribution is 0.195. The molecule has 1 saturated heterocycles. The summed E-state index contributed by atoms with van der Waals surface area (Å²) in [5, 5.41) is 18.3. The van der Waals surface area contributed by atoms with Gasteiger partial charge in [0.2, 0.25) is 8.32 Å². The van der Waals surface area contributed by atoms with Gasteiger partial charge in [0.25, 0.3) is 0 Å². The molecule has 2 aromatic carbocycles. The van der Waals surface area contributed by atoms with Crippen LogP contribution in [0.2, 0.25) is 18.1 Å².